The van der Waals surface area contributed by atoms with Crippen LogP contribution in [0, 0.1) is 0 Å². The molecule has 22 heavy (non-hydrogen) atoms. The van der Waals surface area contributed by atoms with Crippen molar-refractivity contribution in [3.05, 3.63) is 59.2 Å². The number of phenolic OH excluding ortho intramolecular Hbond substituents is 1. The molecule has 2 aromatic rings. The fourth-order valence-electron chi connectivity index (χ4n) is 2.83. The van der Waals surface area contributed by atoms with E-state index in [0.717, 1.165) is 48.1 Å². The van der Waals surface area contributed by atoms with E-state index in [1.54, 1.807) is 12.1 Å². The summed E-state index contributed by atoms with van der Waals surface area (Å²) in [5, 5.41) is 12.7. The first-order chi connectivity index (χ1) is 10.7. The van der Waals surface area contributed by atoms with Crippen LogP contribution >= 0.6 is 0 Å². The zero-order valence-corrected chi connectivity index (χ0v) is 12.3. The molecule has 0 aromatic heterocycles. The summed E-state index contributed by atoms with van der Waals surface area (Å²) in [6.07, 6.45) is 3.41. The third kappa shape index (κ3) is 3.22. The first-order valence-electron chi connectivity index (χ1n) is 7.55. The van der Waals surface area contributed by atoms with Crippen molar-refractivity contribution in [3.63, 3.8) is 0 Å². The summed E-state index contributed by atoms with van der Waals surface area (Å²) >= 11 is 0. The van der Waals surface area contributed by atoms with Gasteiger partial charge in [-0.1, -0.05) is 30.3 Å². The van der Waals surface area contributed by atoms with Gasteiger partial charge in [0.05, 0.1) is 0 Å². The molecule has 114 valence electrons. The number of hydrogen-bond donors (Lipinski definition) is 2. The molecule has 1 aliphatic carbocycles. The predicted molar refractivity (Wildman–Crippen MR) is 85.0 cm³/mol. The normalized spacial score (nSPS) is 13.3. The second kappa shape index (κ2) is 6.52. The topological polar surface area (TPSA) is 58.6 Å². The van der Waals surface area contributed by atoms with Gasteiger partial charge in [0.2, 0.25) is 0 Å². The summed E-state index contributed by atoms with van der Waals surface area (Å²) in [4.78, 5) is 12.0. The molecule has 4 heteroatoms. The lowest BCUT2D eigenvalue weighted by atomic mass is 9.89. The molecular formula is C18H19NO3. The molecule has 3 rings (SSSR count). The summed E-state index contributed by atoms with van der Waals surface area (Å²) < 4.78 is 5.24. The molecule has 1 amide bonds. The first-order valence-corrected chi connectivity index (χ1v) is 7.55. The van der Waals surface area contributed by atoms with Gasteiger partial charge >= 0.3 is 6.09 Å². The number of benzene rings is 2. The maximum Gasteiger partial charge on any atom is 0.411 e. The van der Waals surface area contributed by atoms with Gasteiger partial charge < -0.3 is 9.84 Å². The smallest absolute Gasteiger partial charge is 0.411 e. The molecule has 0 unspecified atom stereocenters. The summed E-state index contributed by atoms with van der Waals surface area (Å²) in [6, 6.07) is 12.9. The molecule has 0 saturated carbocycles. The standard InChI is InChI=1S/C18H19NO3/c20-17-11-10-16(14-8-4-5-9-15(14)17)19-18(21)22-12-13-6-2-1-3-7-13/h1-3,6-7,10-11,20H,4-5,8-9,12H2,(H,19,21). The van der Waals surface area contributed by atoms with Gasteiger partial charge in [-0.05, 0) is 54.5 Å². The molecule has 0 aliphatic heterocycles. The predicted octanol–water partition coefficient (Wildman–Crippen LogP) is 4.02. The monoisotopic (exact) mass is 297 g/mol. The van der Waals surface area contributed by atoms with Crippen molar-refractivity contribution in [3.8, 4) is 5.75 Å². The number of amides is 1. The van der Waals surface area contributed by atoms with Crippen LogP contribution in [0.5, 0.6) is 5.75 Å². The molecule has 4 nitrogen and oxygen atoms in total. The summed E-state index contributed by atoms with van der Waals surface area (Å²) in [6.45, 7) is 0.243. The quantitative estimate of drug-likeness (QED) is 0.841. The number of nitrogens with one attached hydrogen (secondary N) is 1. The van der Waals surface area contributed by atoms with Crippen LogP contribution in [0.1, 0.15) is 29.5 Å². The summed E-state index contributed by atoms with van der Waals surface area (Å²) in [5.41, 5.74) is 3.67. The third-order valence-electron chi connectivity index (χ3n) is 3.96. The highest BCUT2D eigenvalue weighted by molar-refractivity contribution is 5.86. The maximum atomic E-state index is 12.0. The van der Waals surface area contributed by atoms with Crippen molar-refractivity contribution in [1.82, 2.24) is 0 Å². The van der Waals surface area contributed by atoms with E-state index in [9.17, 15) is 9.90 Å². The van der Waals surface area contributed by atoms with Crippen LogP contribution in [0.2, 0.25) is 0 Å². The minimum atomic E-state index is -0.470. The Labute approximate surface area is 129 Å². The van der Waals surface area contributed by atoms with E-state index < -0.39 is 6.09 Å². The van der Waals surface area contributed by atoms with Gasteiger partial charge in [0, 0.05) is 5.69 Å². The Morgan fingerprint density at radius 2 is 1.77 bits per heavy atom. The Hall–Kier alpha value is -2.49. The largest absolute Gasteiger partial charge is 0.508 e. The fraction of sp³-hybridized carbons (Fsp3) is 0.278. The minimum Gasteiger partial charge on any atom is -0.508 e. The molecular weight excluding hydrogens is 278 g/mol. The van der Waals surface area contributed by atoms with Crippen molar-refractivity contribution < 1.29 is 14.6 Å². The Morgan fingerprint density at radius 3 is 2.55 bits per heavy atom. The number of anilines is 1. The molecule has 0 fully saturated rings. The summed E-state index contributed by atoms with van der Waals surface area (Å²) in [5.74, 6) is 0.318. The van der Waals surface area contributed by atoms with Crippen molar-refractivity contribution >= 4 is 11.8 Å². The lowest BCUT2D eigenvalue weighted by molar-refractivity contribution is 0.155. The van der Waals surface area contributed by atoms with Gasteiger partial charge in [-0.3, -0.25) is 5.32 Å². The second-order valence-electron chi connectivity index (χ2n) is 5.48. The van der Waals surface area contributed by atoms with Gasteiger partial charge in [0.1, 0.15) is 12.4 Å². The molecule has 0 radical (unpaired) electrons. The van der Waals surface area contributed by atoms with E-state index in [1.165, 1.54) is 0 Å². The van der Waals surface area contributed by atoms with E-state index in [0.29, 0.717) is 5.75 Å². The van der Waals surface area contributed by atoms with Crippen molar-refractivity contribution in [2.24, 2.45) is 0 Å². The average molecular weight is 297 g/mol. The van der Waals surface area contributed by atoms with E-state index in [2.05, 4.69) is 5.32 Å². The van der Waals surface area contributed by atoms with Gasteiger partial charge in [-0.15, -0.1) is 0 Å². The van der Waals surface area contributed by atoms with Crippen LogP contribution in [-0.4, -0.2) is 11.2 Å². The maximum absolute atomic E-state index is 12.0. The van der Waals surface area contributed by atoms with E-state index in [1.807, 2.05) is 30.3 Å². The van der Waals surface area contributed by atoms with E-state index >= 15 is 0 Å². The number of phenols is 1. The van der Waals surface area contributed by atoms with E-state index in [-0.39, 0.29) is 6.61 Å². The number of carbonyl (C=O) groups excluding carboxylic acids is 1. The highest BCUT2D eigenvalue weighted by atomic mass is 16.5. The molecule has 0 heterocycles. The third-order valence-corrected chi connectivity index (χ3v) is 3.96. The molecule has 0 spiro atoms. The lowest BCUT2D eigenvalue weighted by Crippen LogP contribution is -2.16. The van der Waals surface area contributed by atoms with Crippen LogP contribution in [0.25, 0.3) is 0 Å². The second-order valence-corrected chi connectivity index (χ2v) is 5.48. The number of hydrogen-bond acceptors (Lipinski definition) is 3. The van der Waals surface area contributed by atoms with Gasteiger partial charge in [0.25, 0.3) is 0 Å². The van der Waals surface area contributed by atoms with Gasteiger partial charge in [0.15, 0.2) is 0 Å². The fourth-order valence-corrected chi connectivity index (χ4v) is 2.83. The van der Waals surface area contributed by atoms with Gasteiger partial charge in [-0.2, -0.15) is 0 Å². The highest BCUT2D eigenvalue weighted by Gasteiger charge is 2.18. The Kier molecular flexibility index (Phi) is 4.28. The van der Waals surface area contributed by atoms with Crippen LogP contribution in [0.4, 0.5) is 10.5 Å². The number of fused-ring (bicyclic) bond motifs is 1. The molecule has 2 N–H and O–H groups in total. The molecule has 0 bridgehead atoms. The van der Waals surface area contributed by atoms with Crippen LogP contribution in [0.3, 0.4) is 0 Å². The van der Waals surface area contributed by atoms with Gasteiger partial charge in [-0.25, -0.2) is 4.79 Å². The van der Waals surface area contributed by atoms with Crippen molar-refractivity contribution in [2.45, 2.75) is 32.3 Å². The van der Waals surface area contributed by atoms with Crippen molar-refractivity contribution in [2.75, 3.05) is 5.32 Å². The number of aromatic hydroxyl groups is 1. The van der Waals surface area contributed by atoms with Crippen molar-refractivity contribution in [1.29, 1.82) is 0 Å². The van der Waals surface area contributed by atoms with Crippen LogP contribution in [0.15, 0.2) is 42.5 Å². The number of carbonyl (C=O) groups is 1. The Morgan fingerprint density at radius 1 is 1.05 bits per heavy atom. The number of ether oxygens (including phenoxy) is 1. The Bertz CT molecular complexity index is 668. The number of rotatable bonds is 3. The average Bonchev–Trinajstić information content (AvgIpc) is 2.57. The minimum absolute atomic E-state index is 0.243. The molecule has 0 atom stereocenters. The summed E-state index contributed by atoms with van der Waals surface area (Å²) in [7, 11) is 0. The SMILES string of the molecule is O=C(Nc1ccc(O)c2c1CCCC2)OCc1ccccc1. The zero-order valence-electron chi connectivity index (χ0n) is 12.3. The molecule has 2 aromatic carbocycles. The van der Waals surface area contributed by atoms with E-state index in [4.69, 9.17) is 4.74 Å². The lowest BCUT2D eigenvalue weighted by Gasteiger charge is -2.20. The first kappa shape index (κ1) is 14.4. The molecule has 0 saturated heterocycles. The molecule has 1 aliphatic rings. The van der Waals surface area contributed by atoms with Crippen LogP contribution < -0.4 is 5.32 Å². The zero-order chi connectivity index (χ0) is 15.4. The highest BCUT2D eigenvalue weighted by Crippen LogP contribution is 2.34. The Balaban J connectivity index is 1.67. The van der Waals surface area contributed by atoms with Crippen LogP contribution in [-0.2, 0) is 24.2 Å².